The molecule has 6 heteroatoms. The fourth-order valence-corrected chi connectivity index (χ4v) is 3.68. The predicted octanol–water partition coefficient (Wildman–Crippen LogP) is 3.47. The van der Waals surface area contributed by atoms with Gasteiger partial charge in [-0.15, -0.1) is 0 Å². The summed E-state index contributed by atoms with van der Waals surface area (Å²) in [6.07, 6.45) is 0. The van der Waals surface area contributed by atoms with Gasteiger partial charge in [0.05, 0.1) is 23.2 Å². The number of carbonyl (C=O) groups is 2. The Morgan fingerprint density at radius 1 is 1.25 bits per heavy atom. The highest BCUT2D eigenvalue weighted by Crippen LogP contribution is 2.52. The van der Waals surface area contributed by atoms with Crippen LogP contribution in [0.25, 0.3) is 11.1 Å². The highest BCUT2D eigenvalue weighted by molar-refractivity contribution is 6.15. The van der Waals surface area contributed by atoms with Crippen LogP contribution in [0.4, 0.5) is 14.5 Å². The van der Waals surface area contributed by atoms with Gasteiger partial charge in [0.25, 0.3) is 0 Å². The van der Waals surface area contributed by atoms with Gasteiger partial charge in [0.15, 0.2) is 0 Å². The van der Waals surface area contributed by atoms with E-state index in [4.69, 9.17) is 0 Å². The van der Waals surface area contributed by atoms with Gasteiger partial charge < -0.3 is 10.0 Å². The maximum absolute atomic E-state index is 14.3. The molecule has 4 rings (SSSR count). The monoisotopic (exact) mass is 329 g/mol. The maximum Gasteiger partial charge on any atom is 0.336 e. The molecule has 0 fully saturated rings. The lowest BCUT2D eigenvalue weighted by Crippen LogP contribution is -2.37. The molecule has 0 radical (unpaired) electrons. The van der Waals surface area contributed by atoms with Gasteiger partial charge >= 0.3 is 5.97 Å². The highest BCUT2D eigenvalue weighted by Gasteiger charge is 2.48. The van der Waals surface area contributed by atoms with Gasteiger partial charge in [-0.1, -0.05) is 6.07 Å². The number of benzene rings is 2. The fraction of sp³-hybridized carbons (Fsp3) is 0.222. The van der Waals surface area contributed by atoms with E-state index in [2.05, 4.69) is 0 Å². The van der Waals surface area contributed by atoms with Crippen molar-refractivity contribution in [1.29, 1.82) is 0 Å². The molecule has 0 aromatic heterocycles. The summed E-state index contributed by atoms with van der Waals surface area (Å²) in [6, 6.07) is 4.89. The molecule has 0 spiro atoms. The summed E-state index contributed by atoms with van der Waals surface area (Å²) in [5, 5.41) is 9.51. The Balaban J connectivity index is 2.17. The molecule has 0 unspecified atom stereocenters. The van der Waals surface area contributed by atoms with E-state index in [1.807, 2.05) is 0 Å². The van der Waals surface area contributed by atoms with Crippen molar-refractivity contribution in [3.05, 3.63) is 52.6 Å². The Hall–Kier alpha value is -2.76. The summed E-state index contributed by atoms with van der Waals surface area (Å²) in [5.41, 5.74) is 0.732. The lowest BCUT2D eigenvalue weighted by Gasteiger charge is -2.29. The van der Waals surface area contributed by atoms with Crippen LogP contribution in [-0.4, -0.2) is 17.0 Å². The second kappa shape index (κ2) is 4.41. The van der Waals surface area contributed by atoms with Gasteiger partial charge in [0.2, 0.25) is 5.91 Å². The first-order valence-corrected chi connectivity index (χ1v) is 7.44. The zero-order valence-corrected chi connectivity index (χ0v) is 13.0. The molecule has 4 nitrogen and oxygen atoms in total. The van der Waals surface area contributed by atoms with Crippen LogP contribution >= 0.6 is 0 Å². The zero-order valence-electron chi connectivity index (χ0n) is 13.0. The topological polar surface area (TPSA) is 57.6 Å². The second-order valence-electron chi connectivity index (χ2n) is 6.62. The molecule has 0 atom stereocenters. The quantitative estimate of drug-likeness (QED) is 0.871. The number of anilines is 1. The van der Waals surface area contributed by atoms with E-state index in [9.17, 15) is 23.5 Å². The van der Waals surface area contributed by atoms with Crippen molar-refractivity contribution in [2.45, 2.75) is 25.8 Å². The lowest BCUT2D eigenvalue weighted by atomic mass is 9.82. The fourth-order valence-electron chi connectivity index (χ4n) is 3.68. The standard InChI is InChI=1S/C18H13F2NO3/c1-18(2)12-4-3-9(16(22)23)14-10-5-8(19)6-13(20)11(10)7-21(15(12)14)17(18)24/h3-6H,7H2,1-2H3,(H,22,23). The van der Waals surface area contributed by atoms with Gasteiger partial charge in [-0.3, -0.25) is 4.79 Å². The third-order valence-electron chi connectivity index (χ3n) is 4.88. The molecule has 1 N–H and O–H groups in total. The van der Waals surface area contributed by atoms with Gasteiger partial charge in [0, 0.05) is 17.2 Å². The van der Waals surface area contributed by atoms with Crippen LogP contribution in [0.1, 0.15) is 35.3 Å². The molecular formula is C18H13F2NO3. The minimum Gasteiger partial charge on any atom is -0.478 e. The molecule has 2 aromatic rings. The number of nitrogens with zero attached hydrogens (tertiary/aromatic N) is 1. The van der Waals surface area contributed by atoms with Crippen molar-refractivity contribution in [3.8, 4) is 11.1 Å². The number of amides is 1. The van der Waals surface area contributed by atoms with E-state index in [-0.39, 0.29) is 34.7 Å². The van der Waals surface area contributed by atoms with Crippen LogP contribution in [0.2, 0.25) is 0 Å². The summed E-state index contributed by atoms with van der Waals surface area (Å²) < 4.78 is 28.0. The molecule has 2 aliphatic heterocycles. The normalized spacial score (nSPS) is 16.8. The zero-order chi connectivity index (χ0) is 17.4. The molecule has 0 saturated carbocycles. The highest BCUT2D eigenvalue weighted by atomic mass is 19.1. The van der Waals surface area contributed by atoms with Gasteiger partial charge in [-0.05, 0) is 37.1 Å². The Bertz CT molecular complexity index is 950. The van der Waals surface area contributed by atoms with Crippen molar-refractivity contribution >= 4 is 17.6 Å². The van der Waals surface area contributed by atoms with Crippen LogP contribution in [0, 0.1) is 11.6 Å². The van der Waals surface area contributed by atoms with Gasteiger partial charge in [0.1, 0.15) is 11.6 Å². The number of carboxylic acids is 1. The Morgan fingerprint density at radius 3 is 2.62 bits per heavy atom. The van der Waals surface area contributed by atoms with Crippen molar-refractivity contribution in [3.63, 3.8) is 0 Å². The number of halogens is 2. The number of carboxylic acid groups (broad SMARTS) is 1. The molecule has 2 heterocycles. The van der Waals surface area contributed by atoms with E-state index in [1.54, 1.807) is 19.9 Å². The average Bonchev–Trinajstić information content (AvgIpc) is 2.70. The van der Waals surface area contributed by atoms with Gasteiger partial charge in [-0.2, -0.15) is 0 Å². The van der Waals surface area contributed by atoms with Crippen molar-refractivity contribution in [2.24, 2.45) is 0 Å². The lowest BCUT2D eigenvalue weighted by molar-refractivity contribution is -0.122. The molecule has 2 aliphatic rings. The number of hydrogen-bond donors (Lipinski definition) is 1. The SMILES string of the molecule is CC1(C)C(=O)N2Cc3c(F)cc(F)cc3-c3c(C(=O)O)ccc1c32. The summed E-state index contributed by atoms with van der Waals surface area (Å²) in [4.78, 5) is 25.8. The van der Waals surface area contributed by atoms with Crippen LogP contribution in [0.3, 0.4) is 0 Å². The minimum atomic E-state index is -1.21. The van der Waals surface area contributed by atoms with E-state index in [0.717, 1.165) is 12.1 Å². The van der Waals surface area contributed by atoms with Crippen LogP contribution in [0.5, 0.6) is 0 Å². The number of carbonyl (C=O) groups excluding carboxylic acids is 1. The van der Waals surface area contributed by atoms with Crippen LogP contribution in [-0.2, 0) is 16.8 Å². The van der Waals surface area contributed by atoms with Crippen LogP contribution < -0.4 is 4.90 Å². The third-order valence-corrected chi connectivity index (χ3v) is 4.88. The van der Waals surface area contributed by atoms with Crippen molar-refractivity contribution in [1.82, 2.24) is 0 Å². The largest absolute Gasteiger partial charge is 0.478 e. The summed E-state index contributed by atoms with van der Waals surface area (Å²) in [6.45, 7) is 3.45. The summed E-state index contributed by atoms with van der Waals surface area (Å²) in [7, 11) is 0. The molecule has 24 heavy (non-hydrogen) atoms. The Labute approximate surface area is 136 Å². The number of hydrogen-bond acceptors (Lipinski definition) is 2. The molecule has 122 valence electrons. The van der Waals surface area contributed by atoms with Crippen molar-refractivity contribution in [2.75, 3.05) is 4.90 Å². The second-order valence-corrected chi connectivity index (χ2v) is 6.62. The summed E-state index contributed by atoms with van der Waals surface area (Å²) >= 11 is 0. The first-order valence-electron chi connectivity index (χ1n) is 7.44. The Kier molecular flexibility index (Phi) is 2.72. The number of aromatic carboxylic acids is 1. The maximum atomic E-state index is 14.3. The van der Waals surface area contributed by atoms with Crippen LogP contribution in [0.15, 0.2) is 24.3 Å². The van der Waals surface area contributed by atoms with Crippen molar-refractivity contribution < 1.29 is 23.5 Å². The van der Waals surface area contributed by atoms with Gasteiger partial charge in [-0.25, -0.2) is 13.6 Å². The average molecular weight is 329 g/mol. The van der Waals surface area contributed by atoms with E-state index < -0.39 is 23.0 Å². The van der Waals surface area contributed by atoms with E-state index in [0.29, 0.717) is 11.3 Å². The molecule has 2 aromatic carbocycles. The molecule has 0 bridgehead atoms. The first-order chi connectivity index (χ1) is 11.2. The molecule has 0 saturated heterocycles. The number of rotatable bonds is 1. The third kappa shape index (κ3) is 1.65. The Morgan fingerprint density at radius 2 is 1.96 bits per heavy atom. The minimum absolute atomic E-state index is 0.0349. The summed E-state index contributed by atoms with van der Waals surface area (Å²) in [5.74, 6) is -3.00. The smallest absolute Gasteiger partial charge is 0.336 e. The van der Waals surface area contributed by atoms with E-state index in [1.165, 1.54) is 11.0 Å². The molecule has 0 aliphatic carbocycles. The van der Waals surface area contributed by atoms with E-state index >= 15 is 0 Å². The first kappa shape index (κ1) is 14.8. The number of fused-ring (bicyclic) bond motifs is 2. The molecule has 1 amide bonds. The predicted molar refractivity (Wildman–Crippen MR) is 83.0 cm³/mol. The molecular weight excluding hydrogens is 316 g/mol.